The molecular formula is C41H37F3N6O5S. The van der Waals surface area contributed by atoms with Crippen molar-refractivity contribution in [2.24, 2.45) is 0 Å². The number of ether oxygens (including phenoxy) is 1. The van der Waals surface area contributed by atoms with E-state index in [1.165, 1.54) is 50.0 Å². The lowest BCUT2D eigenvalue weighted by Gasteiger charge is -2.26. The van der Waals surface area contributed by atoms with Gasteiger partial charge >= 0.3 is 0 Å². The van der Waals surface area contributed by atoms with Crippen molar-refractivity contribution in [1.82, 2.24) is 29.0 Å². The number of nitrogens with zero attached hydrogens (tertiary/aromatic N) is 5. The Bertz CT molecular complexity index is 2620. The molecule has 8 rings (SSSR count). The SMILES string of the molecule is Cc1cc(F)ccc1-c1ccc2c(=O)n(-c3ccc(S(=O)(=O)N4CCOCC4)cc3)c([C@H](Cc3cc(F)cc(F)c3)NC(=O)Cn3ccc(C4CC4)n3)nc2c1. The number of morpholine rings is 1. The number of hydrogen-bond donors (Lipinski definition) is 1. The molecule has 0 bridgehead atoms. The third kappa shape index (κ3) is 7.74. The predicted octanol–water partition coefficient (Wildman–Crippen LogP) is 5.97. The molecule has 2 aromatic heterocycles. The Morgan fingerprint density at radius 3 is 2.34 bits per heavy atom. The van der Waals surface area contributed by atoms with Crippen LogP contribution in [0.15, 0.2) is 101 Å². The predicted molar refractivity (Wildman–Crippen MR) is 202 cm³/mol. The van der Waals surface area contributed by atoms with Crippen molar-refractivity contribution in [2.45, 2.75) is 49.6 Å². The Hall–Kier alpha value is -5.64. The van der Waals surface area contributed by atoms with Crippen LogP contribution in [0.2, 0.25) is 0 Å². The van der Waals surface area contributed by atoms with E-state index in [1.807, 2.05) is 6.07 Å². The molecule has 2 aliphatic rings. The number of benzene rings is 4. The fourth-order valence-corrected chi connectivity index (χ4v) is 8.54. The highest BCUT2D eigenvalue weighted by Crippen LogP contribution is 2.38. The molecule has 56 heavy (non-hydrogen) atoms. The van der Waals surface area contributed by atoms with E-state index in [0.29, 0.717) is 22.6 Å². The molecule has 0 radical (unpaired) electrons. The second-order valence-electron chi connectivity index (χ2n) is 14.1. The lowest BCUT2D eigenvalue weighted by atomic mass is 9.99. The molecule has 1 saturated heterocycles. The number of hydrogen-bond acceptors (Lipinski definition) is 7. The summed E-state index contributed by atoms with van der Waals surface area (Å²) in [5, 5.41) is 7.68. The van der Waals surface area contributed by atoms with E-state index < -0.39 is 45.0 Å². The first-order valence-electron chi connectivity index (χ1n) is 18.2. The minimum absolute atomic E-state index is 0.00989. The van der Waals surface area contributed by atoms with E-state index in [2.05, 4.69) is 10.4 Å². The van der Waals surface area contributed by atoms with Crippen LogP contribution in [0.3, 0.4) is 0 Å². The van der Waals surface area contributed by atoms with Crippen LogP contribution in [0.4, 0.5) is 13.2 Å². The molecule has 1 N–H and O–H groups in total. The maximum Gasteiger partial charge on any atom is 0.266 e. The highest BCUT2D eigenvalue weighted by atomic mass is 32.2. The fraction of sp³-hybridized carbons (Fsp3) is 0.268. The molecule has 288 valence electrons. The summed E-state index contributed by atoms with van der Waals surface area (Å²) in [6.45, 7) is 2.52. The number of rotatable bonds is 11. The van der Waals surface area contributed by atoms with Gasteiger partial charge in [-0.05, 0) is 109 Å². The van der Waals surface area contributed by atoms with Crippen LogP contribution in [0.25, 0.3) is 27.7 Å². The molecule has 0 unspecified atom stereocenters. The smallest absolute Gasteiger partial charge is 0.266 e. The lowest BCUT2D eigenvalue weighted by Crippen LogP contribution is -2.40. The normalized spacial score (nSPS) is 15.6. The van der Waals surface area contributed by atoms with Gasteiger partial charge in [0.15, 0.2) is 0 Å². The van der Waals surface area contributed by atoms with Gasteiger partial charge in [0.25, 0.3) is 5.56 Å². The zero-order valence-corrected chi connectivity index (χ0v) is 31.1. The quantitative estimate of drug-likeness (QED) is 0.172. The summed E-state index contributed by atoms with van der Waals surface area (Å²) in [4.78, 5) is 33.4. The number of aromatic nitrogens is 4. The third-order valence-corrected chi connectivity index (χ3v) is 12.0. The van der Waals surface area contributed by atoms with Crippen molar-refractivity contribution in [2.75, 3.05) is 26.3 Å². The van der Waals surface area contributed by atoms with Gasteiger partial charge in [-0.1, -0.05) is 12.1 Å². The second-order valence-corrected chi connectivity index (χ2v) is 16.1. The third-order valence-electron chi connectivity index (χ3n) is 10.1. The Morgan fingerprint density at radius 1 is 0.911 bits per heavy atom. The average Bonchev–Trinajstić information content (AvgIpc) is 3.92. The molecule has 1 amide bonds. The highest BCUT2D eigenvalue weighted by Gasteiger charge is 2.29. The molecule has 4 aromatic carbocycles. The van der Waals surface area contributed by atoms with E-state index in [9.17, 15) is 31.2 Å². The molecule has 15 heteroatoms. The Kier molecular flexibility index (Phi) is 10.1. The highest BCUT2D eigenvalue weighted by molar-refractivity contribution is 7.89. The van der Waals surface area contributed by atoms with Crippen LogP contribution in [0.1, 0.15) is 47.4 Å². The molecule has 6 aromatic rings. The fourth-order valence-electron chi connectivity index (χ4n) is 7.13. The summed E-state index contributed by atoms with van der Waals surface area (Å²) in [7, 11) is -3.87. The van der Waals surface area contributed by atoms with Gasteiger partial charge < -0.3 is 10.1 Å². The van der Waals surface area contributed by atoms with Gasteiger partial charge in [-0.15, -0.1) is 0 Å². The van der Waals surface area contributed by atoms with Gasteiger partial charge in [-0.25, -0.2) is 26.6 Å². The molecule has 2 fully saturated rings. The summed E-state index contributed by atoms with van der Waals surface area (Å²) in [6.07, 6.45) is 3.59. The topological polar surface area (TPSA) is 128 Å². The van der Waals surface area contributed by atoms with Gasteiger partial charge in [0.1, 0.15) is 29.8 Å². The molecule has 1 atom stereocenters. The zero-order chi connectivity index (χ0) is 39.1. The van der Waals surface area contributed by atoms with Crippen LogP contribution < -0.4 is 10.9 Å². The molecular weight excluding hydrogens is 746 g/mol. The van der Waals surface area contributed by atoms with Crippen molar-refractivity contribution in [3.8, 4) is 16.8 Å². The Morgan fingerprint density at radius 2 is 1.64 bits per heavy atom. The van der Waals surface area contributed by atoms with Gasteiger partial charge in [0.2, 0.25) is 15.9 Å². The number of fused-ring (bicyclic) bond motifs is 1. The van der Waals surface area contributed by atoms with Gasteiger partial charge in [0.05, 0.1) is 46.4 Å². The van der Waals surface area contributed by atoms with Crippen LogP contribution in [-0.2, 0) is 32.5 Å². The van der Waals surface area contributed by atoms with Crippen LogP contribution in [0, 0.1) is 24.4 Å². The molecule has 1 aliphatic heterocycles. The molecule has 11 nitrogen and oxygen atoms in total. The first-order valence-corrected chi connectivity index (χ1v) is 19.7. The van der Waals surface area contributed by atoms with Gasteiger partial charge in [-0.3, -0.25) is 18.8 Å². The lowest BCUT2D eigenvalue weighted by molar-refractivity contribution is -0.122. The minimum Gasteiger partial charge on any atom is -0.379 e. The maximum atomic E-state index is 14.6. The number of nitrogens with one attached hydrogen (secondary N) is 1. The van der Waals surface area contributed by atoms with Crippen LogP contribution in [0.5, 0.6) is 0 Å². The average molecular weight is 783 g/mol. The summed E-state index contributed by atoms with van der Waals surface area (Å²) in [6, 6.07) is 18.9. The number of amides is 1. The maximum absolute atomic E-state index is 14.6. The Labute approximate surface area is 320 Å². The van der Waals surface area contributed by atoms with Crippen LogP contribution >= 0.6 is 0 Å². The van der Waals surface area contributed by atoms with E-state index in [-0.39, 0.29) is 72.1 Å². The first kappa shape index (κ1) is 37.3. The van der Waals surface area contributed by atoms with Crippen molar-refractivity contribution in [3.63, 3.8) is 0 Å². The second kappa shape index (κ2) is 15.1. The number of carbonyl (C=O) groups is 1. The molecule has 1 aliphatic carbocycles. The van der Waals surface area contributed by atoms with Crippen molar-refractivity contribution >= 4 is 26.8 Å². The zero-order valence-electron chi connectivity index (χ0n) is 30.3. The van der Waals surface area contributed by atoms with E-state index in [1.54, 1.807) is 37.4 Å². The molecule has 1 saturated carbocycles. The number of aryl methyl sites for hydroxylation is 1. The summed E-state index contributed by atoms with van der Waals surface area (Å²) >= 11 is 0. The summed E-state index contributed by atoms with van der Waals surface area (Å²) in [5.74, 6) is -2.16. The summed E-state index contributed by atoms with van der Waals surface area (Å²) < 4.78 is 79.5. The number of halogens is 3. The minimum atomic E-state index is -3.87. The monoisotopic (exact) mass is 782 g/mol. The van der Waals surface area contributed by atoms with Crippen molar-refractivity contribution < 1.29 is 31.1 Å². The van der Waals surface area contributed by atoms with E-state index in [4.69, 9.17) is 9.72 Å². The van der Waals surface area contributed by atoms with Gasteiger partial charge in [0, 0.05) is 37.7 Å². The standard InChI is InChI=1S/C41H37F3N6O5S/c1-25-18-29(42)5-11-34(25)28-4-10-35-37(22-28)46-40(50(41(35)52)32-6-8-33(9-7-32)56(53,54)49-14-16-55-17-15-49)38(21-26-19-30(43)23-31(44)20-26)45-39(51)24-48-13-12-36(47-48)27-2-3-27/h4-13,18-20,22-23,27,38H,2-3,14-17,21,24H2,1H3,(H,45,51)/t38-/m0/s1. The number of sulfonamides is 1. The molecule has 0 spiro atoms. The first-order chi connectivity index (χ1) is 26.9. The number of carbonyl (C=O) groups excluding carboxylic acids is 1. The van der Waals surface area contributed by atoms with E-state index in [0.717, 1.165) is 36.7 Å². The van der Waals surface area contributed by atoms with Crippen LogP contribution in [-0.4, -0.2) is 64.3 Å². The van der Waals surface area contributed by atoms with E-state index >= 15 is 0 Å². The van der Waals surface area contributed by atoms with Crippen molar-refractivity contribution in [3.05, 3.63) is 142 Å². The van der Waals surface area contributed by atoms with Gasteiger partial charge in [-0.2, -0.15) is 9.40 Å². The molecule has 3 heterocycles. The Balaban J connectivity index is 1.26. The largest absolute Gasteiger partial charge is 0.379 e. The van der Waals surface area contributed by atoms with Crippen molar-refractivity contribution in [1.29, 1.82) is 0 Å². The summed E-state index contributed by atoms with van der Waals surface area (Å²) in [5.41, 5.74) is 3.05.